The lowest BCUT2D eigenvalue weighted by molar-refractivity contribution is -0.141. The van der Waals surface area contributed by atoms with Crippen LogP contribution in [-0.4, -0.2) is 22.5 Å². The highest BCUT2D eigenvalue weighted by Crippen LogP contribution is 2.14. The van der Waals surface area contributed by atoms with Crippen LogP contribution in [0.5, 0.6) is 0 Å². The number of nitrogens with zero attached hydrogens (tertiary/aromatic N) is 2. The summed E-state index contributed by atoms with van der Waals surface area (Å²) in [6.45, 7) is 1.33. The molecule has 2 rings (SSSR count). The Hall–Kier alpha value is -1.97. The first-order valence-corrected chi connectivity index (χ1v) is 4.65. The van der Waals surface area contributed by atoms with E-state index in [0.29, 0.717) is 5.71 Å². The van der Waals surface area contributed by atoms with E-state index in [1.807, 2.05) is 30.3 Å². The van der Waals surface area contributed by atoms with E-state index in [0.717, 1.165) is 10.6 Å². The summed E-state index contributed by atoms with van der Waals surface area (Å²) in [5.74, 6) is -0.604. The van der Waals surface area contributed by atoms with Gasteiger partial charge in [0.25, 0.3) is 5.91 Å². The first kappa shape index (κ1) is 9.58. The van der Waals surface area contributed by atoms with Crippen molar-refractivity contribution in [3.63, 3.8) is 0 Å². The van der Waals surface area contributed by atoms with Crippen LogP contribution in [0.1, 0.15) is 18.9 Å². The zero-order chi connectivity index (χ0) is 10.8. The highest BCUT2D eigenvalue weighted by Gasteiger charge is 2.27. The quantitative estimate of drug-likeness (QED) is 0.686. The fraction of sp³-hybridized carbons (Fsp3) is 0.182. The van der Waals surface area contributed by atoms with Crippen LogP contribution in [0.4, 0.5) is 0 Å². The number of hydrazone groups is 1. The van der Waals surface area contributed by atoms with E-state index in [9.17, 15) is 9.59 Å². The van der Waals surface area contributed by atoms with Gasteiger partial charge in [0, 0.05) is 6.92 Å². The van der Waals surface area contributed by atoms with Gasteiger partial charge in [0.15, 0.2) is 0 Å². The molecule has 1 aromatic carbocycles. The third kappa shape index (κ3) is 1.79. The van der Waals surface area contributed by atoms with Gasteiger partial charge in [-0.2, -0.15) is 10.1 Å². The van der Waals surface area contributed by atoms with Crippen molar-refractivity contribution in [1.82, 2.24) is 5.01 Å². The van der Waals surface area contributed by atoms with Crippen LogP contribution in [0.3, 0.4) is 0 Å². The third-order valence-corrected chi connectivity index (χ3v) is 2.18. The van der Waals surface area contributed by atoms with Gasteiger partial charge >= 0.3 is 0 Å². The Morgan fingerprint density at radius 2 is 2.00 bits per heavy atom. The summed E-state index contributed by atoms with van der Waals surface area (Å²) < 4.78 is 0. The summed E-state index contributed by atoms with van der Waals surface area (Å²) in [5, 5.41) is 4.91. The largest absolute Gasteiger partial charge is 0.273 e. The van der Waals surface area contributed by atoms with Gasteiger partial charge in [0.1, 0.15) is 0 Å². The van der Waals surface area contributed by atoms with Crippen LogP contribution in [-0.2, 0) is 9.59 Å². The van der Waals surface area contributed by atoms with E-state index in [4.69, 9.17) is 0 Å². The molecule has 1 aromatic rings. The molecule has 0 aromatic heterocycles. The molecular formula is C11H10N2O2. The van der Waals surface area contributed by atoms with Crippen molar-refractivity contribution >= 4 is 17.5 Å². The predicted octanol–water partition coefficient (Wildman–Crippen LogP) is 1.17. The van der Waals surface area contributed by atoms with E-state index >= 15 is 0 Å². The Kier molecular flexibility index (Phi) is 2.33. The average molecular weight is 202 g/mol. The monoisotopic (exact) mass is 202 g/mol. The molecule has 0 aliphatic carbocycles. The second-order valence-corrected chi connectivity index (χ2v) is 3.31. The number of amides is 2. The van der Waals surface area contributed by atoms with Crippen molar-refractivity contribution in [3.05, 3.63) is 35.9 Å². The number of hydrogen-bond acceptors (Lipinski definition) is 3. The van der Waals surface area contributed by atoms with Crippen molar-refractivity contribution in [2.75, 3.05) is 0 Å². The SMILES string of the molecule is CC(=O)N1N=C(c2ccccc2)CC1=O. The second-order valence-electron chi connectivity index (χ2n) is 3.31. The van der Waals surface area contributed by atoms with Gasteiger partial charge in [0.2, 0.25) is 5.91 Å². The molecule has 1 heterocycles. The van der Waals surface area contributed by atoms with Gasteiger partial charge < -0.3 is 0 Å². The summed E-state index contributed by atoms with van der Waals surface area (Å²) in [6.07, 6.45) is 0.198. The van der Waals surface area contributed by atoms with Gasteiger partial charge in [-0.1, -0.05) is 30.3 Å². The molecule has 4 heteroatoms. The minimum Gasteiger partial charge on any atom is -0.273 e. The molecule has 0 fully saturated rings. The molecule has 76 valence electrons. The standard InChI is InChI=1S/C11H10N2O2/c1-8(14)13-11(15)7-10(12-13)9-5-3-2-4-6-9/h2-6H,7H2,1H3. The molecule has 0 radical (unpaired) electrons. The molecule has 2 amide bonds. The lowest BCUT2D eigenvalue weighted by Crippen LogP contribution is -2.25. The molecule has 0 N–H and O–H groups in total. The van der Waals surface area contributed by atoms with Crippen LogP contribution >= 0.6 is 0 Å². The molecule has 1 aliphatic rings. The number of carbonyl (C=O) groups is 2. The van der Waals surface area contributed by atoms with Crippen molar-refractivity contribution in [2.24, 2.45) is 5.10 Å². The molecule has 1 aliphatic heterocycles. The maximum Gasteiger partial charge on any atom is 0.256 e. The molecule has 0 bridgehead atoms. The fourth-order valence-electron chi connectivity index (χ4n) is 1.47. The number of rotatable bonds is 1. The minimum absolute atomic E-state index is 0.198. The van der Waals surface area contributed by atoms with Crippen LogP contribution in [0.2, 0.25) is 0 Å². The number of hydrogen-bond donors (Lipinski definition) is 0. The molecule has 0 unspecified atom stereocenters. The van der Waals surface area contributed by atoms with Gasteiger partial charge in [0.05, 0.1) is 12.1 Å². The lowest BCUT2D eigenvalue weighted by atomic mass is 10.1. The zero-order valence-corrected chi connectivity index (χ0v) is 8.30. The van der Waals surface area contributed by atoms with E-state index in [1.165, 1.54) is 6.92 Å². The molecule has 0 atom stereocenters. The average Bonchev–Trinajstić information content (AvgIpc) is 2.62. The first-order valence-electron chi connectivity index (χ1n) is 4.65. The molecule has 0 saturated heterocycles. The smallest absolute Gasteiger partial charge is 0.256 e. The number of carbonyl (C=O) groups excluding carboxylic acids is 2. The highest BCUT2D eigenvalue weighted by atomic mass is 16.2. The van der Waals surface area contributed by atoms with Crippen molar-refractivity contribution in [1.29, 1.82) is 0 Å². The Balaban J connectivity index is 2.31. The second kappa shape index (κ2) is 3.65. The van der Waals surface area contributed by atoms with Crippen LogP contribution in [0, 0.1) is 0 Å². The summed E-state index contributed by atoms with van der Waals surface area (Å²) in [6, 6.07) is 9.38. The Labute approximate surface area is 87.2 Å². The van der Waals surface area contributed by atoms with Gasteiger partial charge in [-0.3, -0.25) is 9.59 Å². The first-order chi connectivity index (χ1) is 7.18. The van der Waals surface area contributed by atoms with E-state index in [1.54, 1.807) is 0 Å². The summed E-state index contributed by atoms with van der Waals surface area (Å²) in [4.78, 5) is 22.4. The van der Waals surface area contributed by atoms with E-state index in [-0.39, 0.29) is 18.2 Å². The fourth-order valence-corrected chi connectivity index (χ4v) is 1.47. The van der Waals surface area contributed by atoms with Crippen LogP contribution in [0.25, 0.3) is 0 Å². The molecular weight excluding hydrogens is 192 g/mol. The van der Waals surface area contributed by atoms with E-state index < -0.39 is 0 Å². The lowest BCUT2D eigenvalue weighted by Gasteiger charge is -2.03. The summed E-state index contributed by atoms with van der Waals surface area (Å²) in [5.41, 5.74) is 1.53. The van der Waals surface area contributed by atoms with Crippen LogP contribution in [0.15, 0.2) is 35.4 Å². The Bertz CT molecular complexity index is 437. The maximum atomic E-state index is 11.4. The molecule has 0 saturated carbocycles. The summed E-state index contributed by atoms with van der Waals surface area (Å²) in [7, 11) is 0. The van der Waals surface area contributed by atoms with E-state index in [2.05, 4.69) is 5.10 Å². The topological polar surface area (TPSA) is 49.7 Å². The number of imide groups is 1. The van der Waals surface area contributed by atoms with Gasteiger partial charge in [-0.05, 0) is 5.56 Å². The van der Waals surface area contributed by atoms with Gasteiger partial charge in [-0.15, -0.1) is 0 Å². The van der Waals surface area contributed by atoms with Gasteiger partial charge in [-0.25, -0.2) is 0 Å². The maximum absolute atomic E-state index is 11.4. The number of benzene rings is 1. The van der Waals surface area contributed by atoms with Crippen molar-refractivity contribution < 1.29 is 9.59 Å². The van der Waals surface area contributed by atoms with Crippen LogP contribution < -0.4 is 0 Å². The Morgan fingerprint density at radius 1 is 1.33 bits per heavy atom. The normalized spacial score (nSPS) is 15.4. The Morgan fingerprint density at radius 3 is 2.53 bits per heavy atom. The molecule has 15 heavy (non-hydrogen) atoms. The predicted molar refractivity (Wildman–Crippen MR) is 55.1 cm³/mol. The third-order valence-electron chi connectivity index (χ3n) is 2.18. The minimum atomic E-state index is -0.342. The zero-order valence-electron chi connectivity index (χ0n) is 8.30. The molecule has 4 nitrogen and oxygen atoms in total. The van der Waals surface area contributed by atoms with Crippen molar-refractivity contribution in [3.8, 4) is 0 Å². The summed E-state index contributed by atoms with van der Waals surface area (Å²) >= 11 is 0. The molecule has 0 spiro atoms. The van der Waals surface area contributed by atoms with Crippen molar-refractivity contribution in [2.45, 2.75) is 13.3 Å². The highest BCUT2D eigenvalue weighted by molar-refractivity contribution is 6.17.